The van der Waals surface area contributed by atoms with E-state index in [1.807, 2.05) is 4.93 Å². The molecule has 0 aromatic carbocycles. The van der Waals surface area contributed by atoms with E-state index in [4.69, 9.17) is 4.74 Å². The molecule has 1 N–H and O–H groups in total. The van der Waals surface area contributed by atoms with E-state index >= 15 is 0 Å². The summed E-state index contributed by atoms with van der Waals surface area (Å²) in [7, 11) is 0. The summed E-state index contributed by atoms with van der Waals surface area (Å²) in [5.74, 6) is 9.57. The lowest BCUT2D eigenvalue weighted by Gasteiger charge is -2.73. The summed E-state index contributed by atoms with van der Waals surface area (Å²) in [5, 5.41) is 12.1. The van der Waals surface area contributed by atoms with Gasteiger partial charge in [0.05, 0.1) is 6.54 Å². The summed E-state index contributed by atoms with van der Waals surface area (Å²) in [5.41, 5.74) is 1.94. The molecule has 0 aromatic rings. The zero-order valence-electron chi connectivity index (χ0n) is 31.9. The number of carbonyl (C=O) groups excluding carboxylic acids is 1. The van der Waals surface area contributed by atoms with Crippen LogP contribution in [0.2, 0.25) is 0 Å². The van der Waals surface area contributed by atoms with Crippen molar-refractivity contribution in [3.63, 3.8) is 0 Å². The van der Waals surface area contributed by atoms with Crippen molar-refractivity contribution < 1.29 is 14.6 Å². The van der Waals surface area contributed by atoms with Crippen molar-refractivity contribution in [1.82, 2.24) is 4.90 Å². The zero-order valence-corrected chi connectivity index (χ0v) is 34.1. The van der Waals surface area contributed by atoms with Gasteiger partial charge in [0.25, 0.3) is 0 Å². The van der Waals surface area contributed by atoms with Crippen LogP contribution in [-0.2, 0) is 9.53 Å². The summed E-state index contributed by atoms with van der Waals surface area (Å²) in [6, 6.07) is 0. The number of nitrogens with zero attached hydrogens (tertiary/aromatic N) is 1. The Kier molecular flexibility index (Phi) is 12.5. The second-order valence-electron chi connectivity index (χ2n) is 17.9. The Balaban J connectivity index is 0.00000245. The van der Waals surface area contributed by atoms with Crippen molar-refractivity contribution in [2.75, 3.05) is 24.6 Å². The molecule has 5 fully saturated rings. The molecule has 5 heteroatoms. The molecule has 5 aliphatic rings. The highest BCUT2D eigenvalue weighted by atomic mass is 127. The van der Waals surface area contributed by atoms with Gasteiger partial charge in [-0.1, -0.05) is 95.0 Å². The Hall–Kier alpha value is -0.580. The van der Waals surface area contributed by atoms with Crippen LogP contribution in [0.25, 0.3) is 0 Å². The number of esters is 1. The van der Waals surface area contributed by atoms with E-state index in [2.05, 4.69) is 101 Å². The Morgan fingerprint density at radius 1 is 0.894 bits per heavy atom. The highest BCUT2D eigenvalue weighted by molar-refractivity contribution is 14.1. The Morgan fingerprint density at radius 3 is 2.15 bits per heavy atom. The van der Waals surface area contributed by atoms with Gasteiger partial charge in [-0.05, 0) is 148 Å². The number of aliphatic hydroxyl groups excluding tert-OH is 1. The molecule has 0 spiro atoms. The Bertz CT molecular complexity index is 1180. The maximum atomic E-state index is 12.1. The molecule has 5 rings (SSSR count). The van der Waals surface area contributed by atoms with E-state index in [1.54, 1.807) is 6.92 Å². The van der Waals surface area contributed by atoms with E-state index in [-0.39, 0.29) is 39.1 Å². The second kappa shape index (κ2) is 15.0. The monoisotopic (exact) mass is 763 g/mol. The maximum absolute atomic E-state index is 12.1. The fourth-order valence-electron chi connectivity index (χ4n) is 13.4. The number of allylic oxidation sites excluding steroid dienone is 1. The molecule has 5 saturated carbocycles. The molecule has 5 aliphatic carbocycles. The molecular weight excluding hydrogens is 693 g/mol. The lowest BCUT2D eigenvalue weighted by molar-refractivity contribution is -0.253. The second-order valence-corrected chi connectivity index (χ2v) is 17.9. The minimum atomic E-state index is -0.558. The molecule has 0 radical (unpaired) electrons. The summed E-state index contributed by atoms with van der Waals surface area (Å²) >= 11 is 2.15. The van der Waals surface area contributed by atoms with E-state index in [9.17, 15) is 9.90 Å². The highest BCUT2D eigenvalue weighted by Crippen LogP contribution is 2.78. The van der Waals surface area contributed by atoms with Crippen LogP contribution in [-0.4, -0.2) is 52.7 Å². The van der Waals surface area contributed by atoms with E-state index in [0.29, 0.717) is 29.6 Å². The fourth-order valence-corrected chi connectivity index (χ4v) is 13.4. The first kappa shape index (κ1) is 39.2. The van der Waals surface area contributed by atoms with Crippen molar-refractivity contribution in [2.45, 2.75) is 152 Å². The van der Waals surface area contributed by atoms with Crippen LogP contribution in [0.3, 0.4) is 0 Å². The van der Waals surface area contributed by atoms with Gasteiger partial charge in [0.1, 0.15) is 12.2 Å². The minimum absolute atomic E-state index is 0.0113. The number of hydrogen-bond donors (Lipinski definition) is 1. The van der Waals surface area contributed by atoms with Gasteiger partial charge in [0, 0.05) is 17.8 Å². The summed E-state index contributed by atoms with van der Waals surface area (Å²) < 4.78 is 5.96. The molecule has 0 aliphatic heterocycles. The van der Waals surface area contributed by atoms with Gasteiger partial charge in [-0.2, -0.15) is 0 Å². The van der Waals surface area contributed by atoms with Gasteiger partial charge in [0.15, 0.2) is 0 Å². The van der Waals surface area contributed by atoms with Crippen LogP contribution in [0, 0.1) is 68.5 Å². The molecule has 0 amide bonds. The van der Waals surface area contributed by atoms with E-state index < -0.39 is 6.10 Å². The number of rotatable bonds is 8. The first-order valence-corrected chi connectivity index (χ1v) is 21.4. The average molecular weight is 764 g/mol. The average Bonchev–Trinajstić information content (AvgIpc) is 3.41. The fraction of sp³-hybridized carbons (Fsp3) is 0.881. The van der Waals surface area contributed by atoms with Crippen LogP contribution in [0.15, 0.2) is 12.2 Å². The van der Waals surface area contributed by atoms with Crippen molar-refractivity contribution >= 4 is 28.6 Å². The van der Waals surface area contributed by atoms with Crippen LogP contribution in [0.4, 0.5) is 0 Å². The molecule has 11 atom stereocenters. The van der Waals surface area contributed by atoms with E-state index in [0.717, 1.165) is 64.6 Å². The predicted molar refractivity (Wildman–Crippen MR) is 205 cm³/mol. The third kappa shape index (κ3) is 6.54. The Morgan fingerprint density at radius 2 is 1.55 bits per heavy atom. The van der Waals surface area contributed by atoms with Crippen molar-refractivity contribution in [1.29, 1.82) is 0 Å². The van der Waals surface area contributed by atoms with E-state index in [1.165, 1.54) is 37.7 Å². The number of carbonyl (C=O) groups is 1. The normalized spacial score (nSPS) is 42.2. The maximum Gasteiger partial charge on any atom is 0.302 e. The van der Waals surface area contributed by atoms with Crippen molar-refractivity contribution in [3.05, 3.63) is 12.2 Å². The molecular formula is C42H70INO3. The number of hydrogen-bond acceptors (Lipinski definition) is 4. The molecule has 0 aromatic heterocycles. The number of ether oxygens (including phenoxy) is 1. The molecule has 268 valence electrons. The number of fused-ring (bicyclic) bond motifs is 7. The molecule has 47 heavy (non-hydrogen) atoms. The molecule has 0 saturated heterocycles. The molecule has 0 unspecified atom stereocenters. The Labute approximate surface area is 303 Å². The standard InChI is InChI=1S/C41H67NO3.CH3I/c1-11-25-42(26-12-2)27-13-14-34(44)41-22-17-30(28(3)4)36(41)31-15-16-33-38(8)20-19-35(45-29(5)43)37(6,7)32(38)18-21-40(33,10)39(31,9)23-24-41;1-2/h30-36,44H,3,11-12,15-27H2,1-2,4-10H3;1H3/t30-,31+,32-,33+,34-,35-,36+,38-,39+,40+,41+;/m0./s1. The first-order valence-electron chi connectivity index (χ1n) is 19.2. The highest BCUT2D eigenvalue weighted by Gasteiger charge is 2.71. The smallest absolute Gasteiger partial charge is 0.302 e. The minimum Gasteiger partial charge on any atom is -0.462 e. The topological polar surface area (TPSA) is 49.8 Å². The summed E-state index contributed by atoms with van der Waals surface area (Å²) in [6.45, 7) is 28.5. The summed E-state index contributed by atoms with van der Waals surface area (Å²) in [6.07, 6.45) is 13.4. The molecule has 4 nitrogen and oxygen atoms in total. The van der Waals surface area contributed by atoms with Gasteiger partial charge >= 0.3 is 5.97 Å². The quantitative estimate of drug-likeness (QED) is 0.0880. The summed E-state index contributed by atoms with van der Waals surface area (Å²) in [4.78, 5) is 16.5. The molecule has 0 bridgehead atoms. The van der Waals surface area contributed by atoms with Crippen LogP contribution in [0.1, 0.15) is 139 Å². The van der Waals surface area contributed by atoms with Gasteiger partial charge < -0.3 is 9.84 Å². The van der Waals surface area contributed by atoms with Gasteiger partial charge in [0.2, 0.25) is 0 Å². The lowest BCUT2D eigenvalue weighted by Crippen LogP contribution is -2.67. The van der Waals surface area contributed by atoms with Crippen LogP contribution in [0.5, 0.6) is 0 Å². The van der Waals surface area contributed by atoms with Crippen LogP contribution >= 0.6 is 22.6 Å². The van der Waals surface area contributed by atoms with Crippen molar-refractivity contribution in [2.24, 2.45) is 56.7 Å². The third-order valence-electron chi connectivity index (χ3n) is 15.5. The zero-order chi connectivity index (χ0) is 35.0. The number of alkyl halides is 1. The lowest BCUT2D eigenvalue weighted by atomic mass is 9.32. The van der Waals surface area contributed by atoms with Crippen LogP contribution < -0.4 is 0 Å². The SMILES string of the molecule is C=C(C)[C@@H]1CC[C@]2([C@@H](O)C#CCN(CCC)CCC)CC[C@]3(C)[C@H](CC[C@@H]4[C@@]5(C)CC[C@H](OC(C)=O)C(C)(C)[C@@H]5CC[C@]43C)[C@@H]12.CI. The first-order chi connectivity index (χ1) is 22.1. The van der Waals surface area contributed by atoms with Gasteiger partial charge in [-0.3, -0.25) is 9.69 Å². The van der Waals surface area contributed by atoms with Crippen molar-refractivity contribution in [3.8, 4) is 11.8 Å². The van der Waals surface area contributed by atoms with Gasteiger partial charge in [-0.15, -0.1) is 0 Å². The molecule has 0 heterocycles. The number of aliphatic hydroxyl groups is 1. The number of halogens is 1. The third-order valence-corrected chi connectivity index (χ3v) is 15.5. The predicted octanol–water partition coefficient (Wildman–Crippen LogP) is 10.1. The largest absolute Gasteiger partial charge is 0.462 e. The van der Waals surface area contributed by atoms with Gasteiger partial charge in [-0.25, -0.2) is 0 Å².